The zero-order valence-electron chi connectivity index (χ0n) is 18.5. The predicted molar refractivity (Wildman–Crippen MR) is 124 cm³/mol. The van der Waals surface area contributed by atoms with Crippen molar-refractivity contribution in [2.75, 3.05) is 0 Å². The summed E-state index contributed by atoms with van der Waals surface area (Å²) in [6.07, 6.45) is 0.224. The summed E-state index contributed by atoms with van der Waals surface area (Å²) >= 11 is 12.2. The Hall–Kier alpha value is -2.04. The molecule has 0 heterocycles. The third-order valence-electron chi connectivity index (χ3n) is 4.85. The summed E-state index contributed by atoms with van der Waals surface area (Å²) in [5, 5.41) is 3.84. The molecule has 4 nitrogen and oxygen atoms in total. The van der Waals surface area contributed by atoms with Crippen LogP contribution in [0, 0.1) is 13.8 Å². The fourth-order valence-electron chi connectivity index (χ4n) is 3.15. The largest absolute Gasteiger partial charge is 0.350 e. The van der Waals surface area contributed by atoms with Crippen LogP contribution in [-0.2, 0) is 22.6 Å². The molecule has 0 spiro atoms. The minimum absolute atomic E-state index is 0.119. The fourth-order valence-corrected chi connectivity index (χ4v) is 3.47. The maximum Gasteiger partial charge on any atom is 0.242 e. The summed E-state index contributed by atoms with van der Waals surface area (Å²) in [6.45, 7) is 11.7. The van der Waals surface area contributed by atoms with Crippen LogP contribution in [0.5, 0.6) is 0 Å². The third kappa shape index (κ3) is 6.75. The SMILES string of the molecule is Cc1ccc(C)c(CC(=O)N(Cc2ccc(Cl)c(Cl)c2)C(C)C(=O)NC(C)(C)C)c1. The Morgan fingerprint density at radius 1 is 1.03 bits per heavy atom. The Bertz CT molecular complexity index is 935. The molecule has 0 saturated heterocycles. The van der Waals surface area contributed by atoms with Crippen molar-refractivity contribution >= 4 is 35.0 Å². The summed E-state index contributed by atoms with van der Waals surface area (Å²) in [5.41, 5.74) is 3.53. The first-order valence-corrected chi connectivity index (χ1v) is 10.7. The van der Waals surface area contributed by atoms with Crippen molar-refractivity contribution < 1.29 is 9.59 Å². The van der Waals surface area contributed by atoms with Crippen molar-refractivity contribution in [2.45, 2.75) is 66.1 Å². The van der Waals surface area contributed by atoms with Gasteiger partial charge in [0.05, 0.1) is 16.5 Å². The molecule has 0 aliphatic rings. The quantitative estimate of drug-likeness (QED) is 0.635. The van der Waals surface area contributed by atoms with Crippen LogP contribution in [0.15, 0.2) is 36.4 Å². The zero-order valence-corrected chi connectivity index (χ0v) is 20.0. The molecule has 30 heavy (non-hydrogen) atoms. The van der Waals surface area contributed by atoms with Crippen molar-refractivity contribution in [3.8, 4) is 0 Å². The predicted octanol–water partition coefficient (Wildman–Crippen LogP) is 5.48. The normalized spacial score (nSPS) is 12.4. The first-order valence-electron chi connectivity index (χ1n) is 9.99. The van der Waals surface area contributed by atoms with E-state index in [2.05, 4.69) is 5.32 Å². The average Bonchev–Trinajstić information content (AvgIpc) is 2.63. The topological polar surface area (TPSA) is 49.4 Å². The standard InChI is InChI=1S/C24H30Cl2N2O2/c1-15-7-8-16(2)19(11-15)13-22(29)28(17(3)23(30)27-24(4,5)6)14-18-9-10-20(25)21(26)12-18/h7-12,17H,13-14H2,1-6H3,(H,27,30). The van der Waals surface area contributed by atoms with E-state index < -0.39 is 11.6 Å². The molecule has 0 fully saturated rings. The van der Waals surface area contributed by atoms with Crippen molar-refractivity contribution in [3.05, 3.63) is 68.7 Å². The average molecular weight is 449 g/mol. The van der Waals surface area contributed by atoms with Gasteiger partial charge in [-0.15, -0.1) is 0 Å². The highest BCUT2D eigenvalue weighted by atomic mass is 35.5. The Labute approximate surface area is 189 Å². The van der Waals surface area contributed by atoms with Gasteiger partial charge in [0.15, 0.2) is 0 Å². The lowest BCUT2D eigenvalue weighted by Crippen LogP contribution is -2.52. The van der Waals surface area contributed by atoms with Gasteiger partial charge in [-0.2, -0.15) is 0 Å². The highest BCUT2D eigenvalue weighted by Crippen LogP contribution is 2.24. The molecule has 2 rings (SSSR count). The fraction of sp³-hybridized carbons (Fsp3) is 0.417. The van der Waals surface area contributed by atoms with E-state index in [0.29, 0.717) is 10.0 Å². The smallest absolute Gasteiger partial charge is 0.242 e. The van der Waals surface area contributed by atoms with E-state index in [-0.39, 0.29) is 24.8 Å². The molecule has 0 aliphatic heterocycles. The van der Waals surface area contributed by atoms with E-state index in [9.17, 15) is 9.59 Å². The summed E-state index contributed by atoms with van der Waals surface area (Å²) in [5.74, 6) is -0.316. The number of carbonyl (C=O) groups excluding carboxylic acids is 2. The van der Waals surface area contributed by atoms with Crippen LogP contribution in [-0.4, -0.2) is 28.3 Å². The molecule has 0 aliphatic carbocycles. The molecule has 2 aromatic carbocycles. The van der Waals surface area contributed by atoms with Gasteiger partial charge < -0.3 is 10.2 Å². The molecule has 1 N–H and O–H groups in total. The van der Waals surface area contributed by atoms with Crippen molar-refractivity contribution in [1.29, 1.82) is 0 Å². The van der Waals surface area contributed by atoms with Crippen LogP contribution >= 0.6 is 23.2 Å². The van der Waals surface area contributed by atoms with E-state index >= 15 is 0 Å². The Morgan fingerprint density at radius 3 is 2.30 bits per heavy atom. The van der Waals surface area contributed by atoms with Gasteiger partial charge in [-0.1, -0.05) is 53.0 Å². The van der Waals surface area contributed by atoms with E-state index in [1.165, 1.54) is 0 Å². The summed E-state index contributed by atoms with van der Waals surface area (Å²) in [4.78, 5) is 27.8. The van der Waals surface area contributed by atoms with E-state index in [1.54, 1.807) is 24.0 Å². The number of carbonyl (C=O) groups is 2. The van der Waals surface area contributed by atoms with E-state index in [1.807, 2.05) is 58.9 Å². The van der Waals surface area contributed by atoms with Crippen LogP contribution in [0.25, 0.3) is 0 Å². The Kier molecular flexibility index (Phi) is 7.95. The molecular weight excluding hydrogens is 419 g/mol. The first kappa shape index (κ1) is 24.2. The number of benzene rings is 2. The van der Waals surface area contributed by atoms with Crippen LogP contribution in [0.2, 0.25) is 10.0 Å². The third-order valence-corrected chi connectivity index (χ3v) is 5.59. The lowest BCUT2D eigenvalue weighted by atomic mass is 10.0. The first-order chi connectivity index (χ1) is 13.9. The molecule has 0 saturated carbocycles. The maximum atomic E-state index is 13.3. The molecule has 162 valence electrons. The molecule has 0 radical (unpaired) electrons. The van der Waals surface area contributed by atoms with Gasteiger partial charge in [0.25, 0.3) is 0 Å². The van der Waals surface area contributed by atoms with Crippen LogP contribution < -0.4 is 5.32 Å². The molecule has 2 aromatic rings. The Morgan fingerprint density at radius 2 is 1.70 bits per heavy atom. The summed E-state index contributed by atoms with van der Waals surface area (Å²) in [7, 11) is 0. The van der Waals surface area contributed by atoms with Gasteiger partial charge in [0.1, 0.15) is 6.04 Å². The molecule has 1 atom stereocenters. The zero-order chi connectivity index (χ0) is 22.6. The summed E-state index contributed by atoms with van der Waals surface area (Å²) in [6, 6.07) is 10.7. The number of hydrogen-bond acceptors (Lipinski definition) is 2. The number of nitrogens with zero attached hydrogens (tertiary/aromatic N) is 1. The van der Waals surface area contributed by atoms with E-state index in [0.717, 1.165) is 22.3 Å². The van der Waals surface area contributed by atoms with Crippen molar-refractivity contribution in [2.24, 2.45) is 0 Å². The number of rotatable bonds is 6. The van der Waals surface area contributed by atoms with Gasteiger partial charge in [0, 0.05) is 12.1 Å². The number of amides is 2. The van der Waals surface area contributed by atoms with Crippen LogP contribution in [0.4, 0.5) is 0 Å². The Balaban J connectivity index is 2.33. The number of halogens is 2. The van der Waals surface area contributed by atoms with Crippen LogP contribution in [0.3, 0.4) is 0 Å². The second-order valence-electron chi connectivity index (χ2n) is 8.79. The molecule has 0 bridgehead atoms. The highest BCUT2D eigenvalue weighted by molar-refractivity contribution is 6.42. The summed E-state index contributed by atoms with van der Waals surface area (Å²) < 4.78 is 0. The van der Waals surface area contributed by atoms with Gasteiger partial charge in [-0.25, -0.2) is 0 Å². The lowest BCUT2D eigenvalue weighted by molar-refractivity contribution is -0.140. The van der Waals surface area contributed by atoms with Crippen molar-refractivity contribution in [3.63, 3.8) is 0 Å². The molecule has 2 amide bonds. The minimum atomic E-state index is -0.642. The number of hydrogen-bond donors (Lipinski definition) is 1. The highest BCUT2D eigenvalue weighted by Gasteiger charge is 2.28. The minimum Gasteiger partial charge on any atom is -0.350 e. The van der Waals surface area contributed by atoms with Gasteiger partial charge in [-0.05, 0) is 70.4 Å². The van der Waals surface area contributed by atoms with Gasteiger partial charge in [0.2, 0.25) is 11.8 Å². The molecule has 6 heteroatoms. The molecule has 1 unspecified atom stereocenters. The number of aryl methyl sites for hydroxylation is 2. The number of nitrogens with one attached hydrogen (secondary N) is 1. The van der Waals surface area contributed by atoms with Gasteiger partial charge in [-0.3, -0.25) is 9.59 Å². The van der Waals surface area contributed by atoms with Gasteiger partial charge >= 0.3 is 0 Å². The second kappa shape index (κ2) is 9.84. The van der Waals surface area contributed by atoms with E-state index in [4.69, 9.17) is 23.2 Å². The van der Waals surface area contributed by atoms with Crippen LogP contribution in [0.1, 0.15) is 49.9 Å². The maximum absolute atomic E-state index is 13.3. The lowest BCUT2D eigenvalue weighted by Gasteiger charge is -2.31. The van der Waals surface area contributed by atoms with Crippen molar-refractivity contribution in [1.82, 2.24) is 10.2 Å². The second-order valence-corrected chi connectivity index (χ2v) is 9.61. The molecule has 0 aromatic heterocycles. The monoisotopic (exact) mass is 448 g/mol. The molecular formula is C24H30Cl2N2O2.